The van der Waals surface area contributed by atoms with Crippen LogP contribution in [-0.2, 0) is 4.74 Å². The highest BCUT2D eigenvalue weighted by Gasteiger charge is 2.43. The number of likely N-dealkylation sites (tertiary alicyclic amines) is 1. The van der Waals surface area contributed by atoms with Crippen LogP contribution in [0.3, 0.4) is 0 Å². The SMILES string of the molecule is NC1CCOCC1N1CC2CCC1C2. The average Bonchev–Trinajstić information content (AvgIpc) is 2.79. The zero-order chi connectivity index (χ0) is 9.54. The van der Waals surface area contributed by atoms with Crippen molar-refractivity contribution < 1.29 is 4.74 Å². The molecule has 2 heterocycles. The number of hydrogen-bond donors (Lipinski definition) is 1. The fourth-order valence-electron chi connectivity index (χ4n) is 3.45. The number of piperidine rings is 1. The van der Waals surface area contributed by atoms with Crippen molar-refractivity contribution in [3.63, 3.8) is 0 Å². The molecule has 3 nitrogen and oxygen atoms in total. The minimum atomic E-state index is 0.350. The molecule has 0 spiro atoms. The third-order valence-electron chi connectivity index (χ3n) is 4.26. The lowest BCUT2D eigenvalue weighted by atomic mass is 10.00. The van der Waals surface area contributed by atoms with Gasteiger partial charge in [0.05, 0.1) is 6.61 Å². The molecule has 0 aromatic heterocycles. The maximum absolute atomic E-state index is 6.17. The van der Waals surface area contributed by atoms with Gasteiger partial charge in [-0.05, 0) is 31.6 Å². The molecule has 0 amide bonds. The Bertz CT molecular complexity index is 221. The van der Waals surface area contributed by atoms with E-state index in [1.165, 1.54) is 25.8 Å². The summed E-state index contributed by atoms with van der Waals surface area (Å²) in [6, 6.07) is 1.69. The Hall–Kier alpha value is -0.120. The van der Waals surface area contributed by atoms with Crippen LogP contribution in [0.5, 0.6) is 0 Å². The molecule has 0 radical (unpaired) electrons. The Morgan fingerprint density at radius 1 is 1.21 bits per heavy atom. The lowest BCUT2D eigenvalue weighted by molar-refractivity contribution is -0.00565. The molecule has 80 valence electrons. The molecule has 2 saturated heterocycles. The normalized spacial score (nSPS) is 48.6. The Labute approximate surface area is 85.6 Å². The van der Waals surface area contributed by atoms with Gasteiger partial charge in [-0.25, -0.2) is 0 Å². The predicted molar refractivity (Wildman–Crippen MR) is 55.0 cm³/mol. The van der Waals surface area contributed by atoms with Gasteiger partial charge in [-0.15, -0.1) is 0 Å². The van der Waals surface area contributed by atoms with Gasteiger partial charge in [0.15, 0.2) is 0 Å². The van der Waals surface area contributed by atoms with E-state index in [-0.39, 0.29) is 0 Å². The molecular weight excluding hydrogens is 176 g/mol. The number of fused-ring (bicyclic) bond motifs is 2. The quantitative estimate of drug-likeness (QED) is 0.667. The van der Waals surface area contributed by atoms with Gasteiger partial charge in [-0.3, -0.25) is 4.90 Å². The van der Waals surface area contributed by atoms with E-state index in [1.54, 1.807) is 0 Å². The number of hydrogen-bond acceptors (Lipinski definition) is 3. The van der Waals surface area contributed by atoms with Crippen molar-refractivity contribution in [2.75, 3.05) is 19.8 Å². The first-order valence-electron chi connectivity index (χ1n) is 5.93. The Kier molecular flexibility index (Phi) is 2.26. The summed E-state index contributed by atoms with van der Waals surface area (Å²) in [5.74, 6) is 0.967. The summed E-state index contributed by atoms with van der Waals surface area (Å²) in [6.07, 6.45) is 5.31. The minimum absolute atomic E-state index is 0.350. The lowest BCUT2D eigenvalue weighted by Gasteiger charge is -2.40. The molecule has 2 aliphatic heterocycles. The van der Waals surface area contributed by atoms with Gasteiger partial charge in [-0.1, -0.05) is 0 Å². The second-order valence-electron chi connectivity index (χ2n) is 5.12. The Balaban J connectivity index is 1.69. The van der Waals surface area contributed by atoms with Gasteiger partial charge >= 0.3 is 0 Å². The summed E-state index contributed by atoms with van der Waals surface area (Å²) in [4.78, 5) is 2.64. The van der Waals surface area contributed by atoms with E-state index in [0.717, 1.165) is 31.6 Å². The average molecular weight is 196 g/mol. The van der Waals surface area contributed by atoms with Crippen molar-refractivity contribution in [3.8, 4) is 0 Å². The third kappa shape index (κ3) is 1.38. The van der Waals surface area contributed by atoms with E-state index in [9.17, 15) is 0 Å². The highest BCUT2D eigenvalue weighted by Crippen LogP contribution is 2.39. The van der Waals surface area contributed by atoms with Crippen molar-refractivity contribution in [1.29, 1.82) is 0 Å². The van der Waals surface area contributed by atoms with Crippen molar-refractivity contribution in [1.82, 2.24) is 4.90 Å². The van der Waals surface area contributed by atoms with Crippen LogP contribution in [0.1, 0.15) is 25.7 Å². The minimum Gasteiger partial charge on any atom is -0.380 e. The maximum Gasteiger partial charge on any atom is 0.0637 e. The molecule has 1 saturated carbocycles. The van der Waals surface area contributed by atoms with E-state index in [2.05, 4.69) is 4.90 Å². The number of nitrogens with two attached hydrogens (primary N) is 1. The van der Waals surface area contributed by atoms with E-state index >= 15 is 0 Å². The molecule has 0 aromatic rings. The van der Waals surface area contributed by atoms with Gasteiger partial charge < -0.3 is 10.5 Å². The van der Waals surface area contributed by atoms with Crippen molar-refractivity contribution in [2.24, 2.45) is 11.7 Å². The first-order valence-corrected chi connectivity index (χ1v) is 5.93. The Morgan fingerprint density at radius 2 is 2.14 bits per heavy atom. The van der Waals surface area contributed by atoms with Gasteiger partial charge in [0.1, 0.15) is 0 Å². The fraction of sp³-hybridized carbons (Fsp3) is 1.00. The van der Waals surface area contributed by atoms with Gasteiger partial charge in [0, 0.05) is 31.3 Å². The smallest absolute Gasteiger partial charge is 0.0637 e. The summed E-state index contributed by atoms with van der Waals surface area (Å²) in [5, 5.41) is 0. The molecule has 2 N–H and O–H groups in total. The summed E-state index contributed by atoms with van der Waals surface area (Å²) in [5.41, 5.74) is 6.17. The van der Waals surface area contributed by atoms with Gasteiger partial charge in [0.2, 0.25) is 0 Å². The maximum atomic E-state index is 6.17. The summed E-state index contributed by atoms with van der Waals surface area (Å²) < 4.78 is 5.55. The van der Waals surface area contributed by atoms with Crippen molar-refractivity contribution >= 4 is 0 Å². The monoisotopic (exact) mass is 196 g/mol. The molecule has 3 aliphatic rings. The molecule has 4 unspecified atom stereocenters. The topological polar surface area (TPSA) is 38.5 Å². The Morgan fingerprint density at radius 3 is 2.79 bits per heavy atom. The van der Waals surface area contributed by atoms with E-state index in [4.69, 9.17) is 10.5 Å². The van der Waals surface area contributed by atoms with E-state index in [0.29, 0.717) is 12.1 Å². The first-order chi connectivity index (χ1) is 6.84. The summed E-state index contributed by atoms with van der Waals surface area (Å²) in [6.45, 7) is 3.01. The second kappa shape index (κ2) is 3.47. The van der Waals surface area contributed by atoms with Crippen LogP contribution in [0.25, 0.3) is 0 Å². The zero-order valence-corrected chi connectivity index (χ0v) is 8.69. The van der Waals surface area contributed by atoms with Crippen molar-refractivity contribution in [2.45, 2.75) is 43.8 Å². The molecule has 3 heteroatoms. The first kappa shape index (κ1) is 9.13. The molecule has 4 atom stereocenters. The van der Waals surface area contributed by atoms with Crippen LogP contribution >= 0.6 is 0 Å². The van der Waals surface area contributed by atoms with Crippen LogP contribution in [0.15, 0.2) is 0 Å². The van der Waals surface area contributed by atoms with Gasteiger partial charge in [-0.2, -0.15) is 0 Å². The molecule has 0 aromatic carbocycles. The van der Waals surface area contributed by atoms with Crippen LogP contribution < -0.4 is 5.73 Å². The summed E-state index contributed by atoms with van der Waals surface area (Å²) >= 11 is 0. The largest absolute Gasteiger partial charge is 0.380 e. The molecule has 3 fully saturated rings. The summed E-state index contributed by atoms with van der Waals surface area (Å²) in [7, 11) is 0. The second-order valence-corrected chi connectivity index (χ2v) is 5.12. The van der Waals surface area contributed by atoms with Crippen LogP contribution in [0.2, 0.25) is 0 Å². The van der Waals surface area contributed by atoms with Crippen molar-refractivity contribution in [3.05, 3.63) is 0 Å². The molecule has 1 aliphatic carbocycles. The van der Waals surface area contributed by atoms with Crippen LogP contribution in [-0.4, -0.2) is 42.8 Å². The number of ether oxygens (including phenoxy) is 1. The number of nitrogens with zero attached hydrogens (tertiary/aromatic N) is 1. The zero-order valence-electron chi connectivity index (χ0n) is 8.69. The van der Waals surface area contributed by atoms with Crippen LogP contribution in [0.4, 0.5) is 0 Å². The highest BCUT2D eigenvalue weighted by atomic mass is 16.5. The van der Waals surface area contributed by atoms with Gasteiger partial charge in [0.25, 0.3) is 0 Å². The molecule has 3 rings (SSSR count). The van der Waals surface area contributed by atoms with E-state index in [1.807, 2.05) is 0 Å². The standard InChI is InChI=1S/C11H20N2O/c12-10-3-4-14-7-11(10)13-6-8-1-2-9(13)5-8/h8-11H,1-7,12H2. The highest BCUT2D eigenvalue weighted by molar-refractivity contribution is 4.98. The fourth-order valence-corrected chi connectivity index (χ4v) is 3.45. The molecule has 14 heavy (non-hydrogen) atoms. The van der Waals surface area contributed by atoms with Crippen LogP contribution in [0, 0.1) is 5.92 Å². The molecular formula is C11H20N2O. The predicted octanol–water partition coefficient (Wildman–Crippen LogP) is 0.587. The number of rotatable bonds is 1. The third-order valence-corrected chi connectivity index (χ3v) is 4.26. The van der Waals surface area contributed by atoms with E-state index < -0.39 is 0 Å². The molecule has 2 bridgehead atoms. The lowest BCUT2D eigenvalue weighted by Crippen LogP contribution is -2.55.